The second-order valence-corrected chi connectivity index (χ2v) is 4.82. The highest BCUT2D eigenvalue weighted by atomic mass is 19.1. The highest BCUT2D eigenvalue weighted by molar-refractivity contribution is 5.89. The van der Waals surface area contributed by atoms with Crippen molar-refractivity contribution < 1.29 is 13.9 Å². The Hall–Kier alpha value is -2.56. The summed E-state index contributed by atoms with van der Waals surface area (Å²) in [6, 6.07) is 12.9. The standard InChI is InChI=1S/C16H17FN2O2/c1-16(15(18)20,11-6-5-7-12(17)10-11)19-13-8-3-4-9-14(13)21-2/h3-10,19H,1-2H3,(H2,18,20). The lowest BCUT2D eigenvalue weighted by atomic mass is 9.90. The molecular weight excluding hydrogens is 271 g/mol. The molecule has 0 radical (unpaired) electrons. The summed E-state index contributed by atoms with van der Waals surface area (Å²) < 4.78 is 18.7. The van der Waals surface area contributed by atoms with E-state index in [1.165, 1.54) is 25.3 Å². The van der Waals surface area contributed by atoms with Gasteiger partial charge in [0, 0.05) is 0 Å². The Morgan fingerprint density at radius 3 is 2.57 bits per heavy atom. The van der Waals surface area contributed by atoms with E-state index in [-0.39, 0.29) is 0 Å². The number of carbonyl (C=O) groups is 1. The highest BCUT2D eigenvalue weighted by Crippen LogP contribution is 2.31. The Kier molecular flexibility index (Phi) is 4.12. The number of rotatable bonds is 5. The van der Waals surface area contributed by atoms with E-state index in [0.29, 0.717) is 17.0 Å². The molecule has 2 rings (SSSR count). The van der Waals surface area contributed by atoms with Gasteiger partial charge in [0.15, 0.2) is 0 Å². The lowest BCUT2D eigenvalue weighted by Crippen LogP contribution is -2.45. The molecular formula is C16H17FN2O2. The van der Waals surface area contributed by atoms with Gasteiger partial charge in [0.1, 0.15) is 17.1 Å². The van der Waals surface area contributed by atoms with E-state index >= 15 is 0 Å². The number of amides is 1. The molecule has 0 aliphatic carbocycles. The first kappa shape index (κ1) is 14.8. The zero-order valence-electron chi connectivity index (χ0n) is 11.9. The van der Waals surface area contributed by atoms with Gasteiger partial charge in [-0.3, -0.25) is 4.79 Å². The van der Waals surface area contributed by atoms with E-state index in [9.17, 15) is 9.18 Å². The average molecular weight is 288 g/mol. The third-order valence-corrected chi connectivity index (χ3v) is 3.39. The minimum absolute atomic E-state index is 0.429. The van der Waals surface area contributed by atoms with Gasteiger partial charge in [0.25, 0.3) is 0 Å². The van der Waals surface area contributed by atoms with E-state index in [0.717, 1.165) is 0 Å². The molecule has 0 fully saturated rings. The largest absolute Gasteiger partial charge is 0.495 e. The number of ether oxygens (including phenoxy) is 1. The van der Waals surface area contributed by atoms with Crippen molar-refractivity contribution >= 4 is 11.6 Å². The molecule has 1 amide bonds. The molecule has 0 bridgehead atoms. The van der Waals surface area contributed by atoms with Crippen LogP contribution in [0.3, 0.4) is 0 Å². The Balaban J connectivity index is 2.46. The van der Waals surface area contributed by atoms with Crippen LogP contribution >= 0.6 is 0 Å². The molecule has 0 saturated heterocycles. The lowest BCUT2D eigenvalue weighted by molar-refractivity contribution is -0.122. The fourth-order valence-corrected chi connectivity index (χ4v) is 2.09. The van der Waals surface area contributed by atoms with Gasteiger partial charge in [-0.15, -0.1) is 0 Å². The first-order valence-corrected chi connectivity index (χ1v) is 6.44. The number of methoxy groups -OCH3 is 1. The van der Waals surface area contributed by atoms with Crippen molar-refractivity contribution in [1.29, 1.82) is 0 Å². The molecule has 0 aliphatic rings. The van der Waals surface area contributed by atoms with Crippen molar-refractivity contribution in [2.45, 2.75) is 12.5 Å². The zero-order chi connectivity index (χ0) is 15.5. The van der Waals surface area contributed by atoms with Crippen LogP contribution < -0.4 is 15.8 Å². The minimum Gasteiger partial charge on any atom is -0.495 e. The van der Waals surface area contributed by atoms with Gasteiger partial charge in [-0.25, -0.2) is 4.39 Å². The second kappa shape index (κ2) is 5.83. The molecule has 0 aromatic heterocycles. The number of nitrogens with one attached hydrogen (secondary N) is 1. The minimum atomic E-state index is -1.25. The summed E-state index contributed by atoms with van der Waals surface area (Å²) in [5, 5.41) is 3.05. The molecule has 1 atom stereocenters. The van der Waals surface area contributed by atoms with Crippen LogP contribution in [0.1, 0.15) is 12.5 Å². The predicted octanol–water partition coefficient (Wildman–Crippen LogP) is 2.65. The highest BCUT2D eigenvalue weighted by Gasteiger charge is 2.34. The van der Waals surface area contributed by atoms with Crippen molar-refractivity contribution in [3.05, 3.63) is 59.9 Å². The first-order valence-electron chi connectivity index (χ1n) is 6.44. The Morgan fingerprint density at radius 2 is 1.95 bits per heavy atom. The zero-order valence-corrected chi connectivity index (χ0v) is 11.9. The number of benzene rings is 2. The molecule has 0 heterocycles. The van der Waals surface area contributed by atoms with Gasteiger partial charge in [0.05, 0.1) is 12.8 Å². The summed E-state index contributed by atoms with van der Waals surface area (Å²) in [4.78, 5) is 11.9. The Morgan fingerprint density at radius 1 is 1.24 bits per heavy atom. The summed E-state index contributed by atoms with van der Waals surface area (Å²) in [6.45, 7) is 1.61. The topological polar surface area (TPSA) is 64.3 Å². The molecule has 21 heavy (non-hydrogen) atoms. The molecule has 0 saturated carbocycles. The molecule has 2 aromatic rings. The smallest absolute Gasteiger partial charge is 0.247 e. The SMILES string of the molecule is COc1ccccc1NC(C)(C(N)=O)c1cccc(F)c1. The predicted molar refractivity (Wildman–Crippen MR) is 79.6 cm³/mol. The van der Waals surface area contributed by atoms with Crippen LogP contribution in [-0.4, -0.2) is 13.0 Å². The molecule has 1 unspecified atom stereocenters. The number of hydrogen-bond donors (Lipinski definition) is 2. The van der Waals surface area contributed by atoms with Crippen LogP contribution in [0, 0.1) is 5.82 Å². The fraction of sp³-hybridized carbons (Fsp3) is 0.188. The van der Waals surface area contributed by atoms with E-state index in [2.05, 4.69) is 5.32 Å². The van der Waals surface area contributed by atoms with Crippen molar-refractivity contribution in [3.63, 3.8) is 0 Å². The molecule has 3 N–H and O–H groups in total. The number of primary amides is 1. The Labute approximate surface area is 122 Å². The van der Waals surface area contributed by atoms with E-state index < -0.39 is 17.3 Å². The number of nitrogens with two attached hydrogens (primary N) is 1. The van der Waals surface area contributed by atoms with Gasteiger partial charge in [-0.1, -0.05) is 24.3 Å². The second-order valence-electron chi connectivity index (χ2n) is 4.82. The number of hydrogen-bond acceptors (Lipinski definition) is 3. The summed E-state index contributed by atoms with van der Waals surface area (Å²) in [5.41, 5.74) is 5.32. The van der Waals surface area contributed by atoms with E-state index in [1.54, 1.807) is 31.2 Å². The third-order valence-electron chi connectivity index (χ3n) is 3.39. The summed E-state index contributed by atoms with van der Waals surface area (Å²) in [6.07, 6.45) is 0. The molecule has 2 aromatic carbocycles. The van der Waals surface area contributed by atoms with Gasteiger partial charge in [-0.2, -0.15) is 0 Å². The average Bonchev–Trinajstić information content (AvgIpc) is 2.47. The number of para-hydroxylation sites is 2. The quantitative estimate of drug-likeness (QED) is 0.889. The van der Waals surface area contributed by atoms with Crippen molar-refractivity contribution in [1.82, 2.24) is 0 Å². The molecule has 110 valence electrons. The summed E-state index contributed by atoms with van der Waals surface area (Å²) >= 11 is 0. The van der Waals surface area contributed by atoms with Crippen LogP contribution in [0.2, 0.25) is 0 Å². The maximum atomic E-state index is 13.4. The maximum Gasteiger partial charge on any atom is 0.247 e. The maximum absolute atomic E-state index is 13.4. The molecule has 4 nitrogen and oxygen atoms in total. The first-order chi connectivity index (χ1) is 9.97. The van der Waals surface area contributed by atoms with E-state index in [4.69, 9.17) is 10.5 Å². The van der Waals surface area contributed by atoms with Gasteiger partial charge in [0.2, 0.25) is 5.91 Å². The van der Waals surface area contributed by atoms with Gasteiger partial charge in [-0.05, 0) is 36.8 Å². The van der Waals surface area contributed by atoms with Crippen LogP contribution in [0.5, 0.6) is 5.75 Å². The van der Waals surface area contributed by atoms with Crippen LogP contribution in [0.25, 0.3) is 0 Å². The Bertz CT molecular complexity index is 660. The third kappa shape index (κ3) is 2.97. The number of carbonyl (C=O) groups excluding carboxylic acids is 1. The summed E-state index contributed by atoms with van der Waals surface area (Å²) in [7, 11) is 1.53. The van der Waals surface area contributed by atoms with Gasteiger partial charge >= 0.3 is 0 Å². The van der Waals surface area contributed by atoms with Crippen LogP contribution in [0.15, 0.2) is 48.5 Å². The molecule has 0 spiro atoms. The fourth-order valence-electron chi connectivity index (χ4n) is 2.09. The molecule has 0 aliphatic heterocycles. The normalized spacial score (nSPS) is 13.3. The monoisotopic (exact) mass is 288 g/mol. The van der Waals surface area contributed by atoms with Crippen molar-refractivity contribution in [2.75, 3.05) is 12.4 Å². The van der Waals surface area contributed by atoms with Crippen LogP contribution in [0.4, 0.5) is 10.1 Å². The van der Waals surface area contributed by atoms with Gasteiger partial charge < -0.3 is 15.8 Å². The van der Waals surface area contributed by atoms with Crippen LogP contribution in [-0.2, 0) is 10.3 Å². The van der Waals surface area contributed by atoms with Crippen molar-refractivity contribution in [3.8, 4) is 5.75 Å². The van der Waals surface area contributed by atoms with E-state index in [1.807, 2.05) is 6.07 Å². The molecule has 5 heteroatoms. The summed E-state index contributed by atoms with van der Waals surface area (Å²) in [5.74, 6) is -0.470. The number of halogens is 1. The number of anilines is 1. The lowest BCUT2D eigenvalue weighted by Gasteiger charge is -2.30. The van der Waals surface area contributed by atoms with Crippen molar-refractivity contribution in [2.24, 2.45) is 5.73 Å².